The molecule has 1 fully saturated rings. The van der Waals surface area contributed by atoms with Crippen molar-refractivity contribution in [3.63, 3.8) is 0 Å². The van der Waals surface area contributed by atoms with Crippen LogP contribution in [0.3, 0.4) is 0 Å². The summed E-state index contributed by atoms with van der Waals surface area (Å²) in [6, 6.07) is 19.7. The van der Waals surface area contributed by atoms with E-state index in [1.807, 2.05) is 60.7 Å². The average molecular weight is 343 g/mol. The maximum atomic E-state index is 12.5. The summed E-state index contributed by atoms with van der Waals surface area (Å²) in [5, 5.41) is -0.182. The van der Waals surface area contributed by atoms with E-state index in [0.29, 0.717) is 31.9 Å². The SMILES string of the molecule is O=C1CC(S(=O)Cc2ccccc2)N1CCOCc1ccccc1. The Morgan fingerprint density at radius 1 is 1.00 bits per heavy atom. The number of likely N-dealkylation sites (tertiary alicyclic amines) is 1. The van der Waals surface area contributed by atoms with Gasteiger partial charge in [0.2, 0.25) is 5.91 Å². The molecule has 1 heterocycles. The zero-order valence-electron chi connectivity index (χ0n) is 13.5. The average Bonchev–Trinajstić information content (AvgIpc) is 2.61. The van der Waals surface area contributed by atoms with E-state index < -0.39 is 10.8 Å². The van der Waals surface area contributed by atoms with Crippen molar-refractivity contribution in [2.75, 3.05) is 13.2 Å². The number of ether oxygens (including phenoxy) is 1. The molecule has 1 saturated heterocycles. The maximum Gasteiger partial charge on any atom is 0.226 e. The molecule has 0 aliphatic carbocycles. The van der Waals surface area contributed by atoms with Crippen LogP contribution in [0.1, 0.15) is 17.5 Å². The molecular formula is C19H21NO3S. The summed E-state index contributed by atoms with van der Waals surface area (Å²) in [7, 11) is -1.07. The molecule has 2 atom stereocenters. The van der Waals surface area contributed by atoms with E-state index in [0.717, 1.165) is 11.1 Å². The van der Waals surface area contributed by atoms with Gasteiger partial charge < -0.3 is 9.64 Å². The van der Waals surface area contributed by atoms with E-state index in [9.17, 15) is 9.00 Å². The summed E-state index contributed by atoms with van der Waals surface area (Å²) in [5.41, 5.74) is 2.15. The first-order chi connectivity index (χ1) is 11.7. The van der Waals surface area contributed by atoms with Crippen LogP contribution in [0, 0.1) is 0 Å². The number of hydrogen-bond acceptors (Lipinski definition) is 3. The minimum absolute atomic E-state index is 0.0599. The molecule has 0 radical (unpaired) electrons. The molecule has 0 N–H and O–H groups in total. The number of nitrogens with zero attached hydrogens (tertiary/aromatic N) is 1. The monoisotopic (exact) mass is 343 g/mol. The fourth-order valence-electron chi connectivity index (χ4n) is 2.69. The predicted molar refractivity (Wildman–Crippen MR) is 94.5 cm³/mol. The Hall–Kier alpha value is -1.98. The lowest BCUT2D eigenvalue weighted by Crippen LogP contribution is -2.55. The van der Waals surface area contributed by atoms with Gasteiger partial charge in [-0.2, -0.15) is 0 Å². The van der Waals surface area contributed by atoms with Crippen molar-refractivity contribution in [3.8, 4) is 0 Å². The van der Waals surface area contributed by atoms with Gasteiger partial charge in [-0.25, -0.2) is 0 Å². The van der Waals surface area contributed by atoms with Gasteiger partial charge in [0.15, 0.2) is 0 Å². The van der Waals surface area contributed by atoms with Gasteiger partial charge in [0.1, 0.15) is 5.37 Å². The van der Waals surface area contributed by atoms with Gasteiger partial charge in [-0.05, 0) is 11.1 Å². The number of amides is 1. The van der Waals surface area contributed by atoms with Gasteiger partial charge in [-0.3, -0.25) is 9.00 Å². The Labute approximate surface area is 144 Å². The number of β-lactam (4-membered cyclic amide) rings is 1. The summed E-state index contributed by atoms with van der Waals surface area (Å²) in [6.45, 7) is 1.48. The van der Waals surface area contributed by atoms with Crippen LogP contribution in [0.25, 0.3) is 0 Å². The molecule has 0 saturated carbocycles. The van der Waals surface area contributed by atoms with Gasteiger partial charge in [0.25, 0.3) is 0 Å². The molecule has 4 nitrogen and oxygen atoms in total. The second-order valence-corrected chi connectivity index (χ2v) is 7.39. The lowest BCUT2D eigenvalue weighted by Gasteiger charge is -2.39. The first-order valence-electron chi connectivity index (χ1n) is 8.06. The van der Waals surface area contributed by atoms with Gasteiger partial charge in [-0.1, -0.05) is 60.7 Å². The molecule has 126 valence electrons. The third-order valence-corrected chi connectivity index (χ3v) is 5.71. The van der Waals surface area contributed by atoms with Crippen LogP contribution in [-0.4, -0.2) is 33.5 Å². The highest BCUT2D eigenvalue weighted by Gasteiger charge is 2.39. The highest BCUT2D eigenvalue weighted by atomic mass is 32.2. The van der Waals surface area contributed by atoms with E-state index in [1.54, 1.807) is 4.90 Å². The second kappa shape index (κ2) is 8.22. The van der Waals surface area contributed by atoms with E-state index in [-0.39, 0.29) is 11.3 Å². The third-order valence-electron chi connectivity index (χ3n) is 4.06. The van der Waals surface area contributed by atoms with Crippen LogP contribution in [0.5, 0.6) is 0 Å². The van der Waals surface area contributed by atoms with E-state index in [1.165, 1.54) is 0 Å². The number of rotatable bonds is 8. The summed E-state index contributed by atoms with van der Waals surface area (Å²) < 4.78 is 18.1. The third kappa shape index (κ3) is 4.30. The topological polar surface area (TPSA) is 46.6 Å². The van der Waals surface area contributed by atoms with Crippen LogP contribution < -0.4 is 0 Å². The van der Waals surface area contributed by atoms with E-state index in [4.69, 9.17) is 4.74 Å². The lowest BCUT2D eigenvalue weighted by atomic mass is 10.2. The minimum atomic E-state index is -1.07. The predicted octanol–water partition coefficient (Wildman–Crippen LogP) is 2.71. The molecule has 1 aliphatic heterocycles. The van der Waals surface area contributed by atoms with Gasteiger partial charge >= 0.3 is 0 Å². The molecule has 5 heteroatoms. The van der Waals surface area contributed by atoms with E-state index >= 15 is 0 Å². The Morgan fingerprint density at radius 3 is 2.25 bits per heavy atom. The first kappa shape index (κ1) is 16.9. The number of carbonyl (C=O) groups excluding carboxylic acids is 1. The summed E-state index contributed by atoms with van der Waals surface area (Å²) in [4.78, 5) is 13.5. The fraction of sp³-hybridized carbons (Fsp3) is 0.316. The standard InChI is InChI=1S/C19H21NO3S/c21-18-13-19(24(22)15-17-9-5-2-6-10-17)20(18)11-12-23-14-16-7-3-1-4-8-16/h1-10,19H,11-15H2. The molecular weight excluding hydrogens is 322 g/mol. The minimum Gasteiger partial charge on any atom is -0.375 e. The Kier molecular flexibility index (Phi) is 5.77. The first-order valence-corrected chi connectivity index (χ1v) is 9.44. The highest BCUT2D eigenvalue weighted by Crippen LogP contribution is 2.24. The van der Waals surface area contributed by atoms with Crippen molar-refractivity contribution in [1.82, 2.24) is 4.90 Å². The number of hydrogen-bond donors (Lipinski definition) is 0. The molecule has 2 unspecified atom stereocenters. The smallest absolute Gasteiger partial charge is 0.226 e. The zero-order chi connectivity index (χ0) is 16.8. The molecule has 3 rings (SSSR count). The van der Waals surface area contributed by atoms with Crippen molar-refractivity contribution in [1.29, 1.82) is 0 Å². The molecule has 2 aromatic rings. The molecule has 0 spiro atoms. The van der Waals surface area contributed by atoms with Gasteiger partial charge in [-0.15, -0.1) is 0 Å². The van der Waals surface area contributed by atoms with Gasteiger partial charge in [0.05, 0.1) is 25.4 Å². The van der Waals surface area contributed by atoms with Crippen LogP contribution in [0.15, 0.2) is 60.7 Å². The van der Waals surface area contributed by atoms with Gasteiger partial charge in [0, 0.05) is 17.3 Å². The molecule has 2 aromatic carbocycles. The maximum absolute atomic E-state index is 12.5. The Balaban J connectivity index is 1.44. The van der Waals surface area contributed by atoms with Crippen molar-refractivity contribution < 1.29 is 13.7 Å². The normalized spacial score (nSPS) is 18.2. The van der Waals surface area contributed by atoms with Crippen LogP contribution in [-0.2, 0) is 32.7 Å². The lowest BCUT2D eigenvalue weighted by molar-refractivity contribution is -0.142. The van der Waals surface area contributed by atoms with Crippen molar-refractivity contribution in [2.24, 2.45) is 0 Å². The van der Waals surface area contributed by atoms with Crippen molar-refractivity contribution >= 4 is 16.7 Å². The number of carbonyl (C=O) groups is 1. The fourth-order valence-corrected chi connectivity index (χ4v) is 4.24. The highest BCUT2D eigenvalue weighted by molar-refractivity contribution is 7.84. The molecule has 0 bridgehead atoms. The summed E-state index contributed by atoms with van der Waals surface area (Å²) >= 11 is 0. The number of benzene rings is 2. The zero-order valence-corrected chi connectivity index (χ0v) is 14.3. The molecule has 1 amide bonds. The Morgan fingerprint density at radius 2 is 1.62 bits per heavy atom. The molecule has 0 aromatic heterocycles. The van der Waals surface area contributed by atoms with Crippen LogP contribution in [0.2, 0.25) is 0 Å². The molecule has 24 heavy (non-hydrogen) atoms. The molecule has 1 aliphatic rings. The quantitative estimate of drug-likeness (QED) is 0.547. The van der Waals surface area contributed by atoms with Crippen LogP contribution >= 0.6 is 0 Å². The largest absolute Gasteiger partial charge is 0.375 e. The second-order valence-electron chi connectivity index (χ2n) is 5.79. The van der Waals surface area contributed by atoms with E-state index in [2.05, 4.69) is 0 Å². The summed E-state index contributed by atoms with van der Waals surface area (Å²) in [5.74, 6) is 0.546. The Bertz CT molecular complexity index is 690. The van der Waals surface area contributed by atoms with Crippen LogP contribution in [0.4, 0.5) is 0 Å². The van der Waals surface area contributed by atoms with Crippen molar-refractivity contribution in [3.05, 3.63) is 71.8 Å². The summed E-state index contributed by atoms with van der Waals surface area (Å²) in [6.07, 6.45) is 0.373. The van der Waals surface area contributed by atoms with Crippen molar-refractivity contribution in [2.45, 2.75) is 24.2 Å².